The van der Waals surface area contributed by atoms with Crippen molar-refractivity contribution in [3.8, 4) is 0 Å². The molecule has 6 nitrogen and oxygen atoms in total. The minimum absolute atomic E-state index is 0.0206. The van der Waals surface area contributed by atoms with Crippen molar-refractivity contribution in [3.05, 3.63) is 28.2 Å². The zero-order chi connectivity index (χ0) is 16.7. The molecular formula is C14H20BrN3O3S. The standard InChI is InChI=1S/C14H20BrN3O3S/c1-10-7-11-8-12(15)5-6-13(11)18(10)14(19)9-17(4)22(20,21)16(2)3/h5-6,8,10H,7,9H2,1-4H3. The van der Waals surface area contributed by atoms with Crippen LogP contribution in [0, 0.1) is 0 Å². The van der Waals surface area contributed by atoms with Crippen molar-refractivity contribution in [1.29, 1.82) is 0 Å². The molecule has 1 aromatic rings. The van der Waals surface area contributed by atoms with Crippen LogP contribution in [0.2, 0.25) is 0 Å². The van der Waals surface area contributed by atoms with Crippen molar-refractivity contribution >= 4 is 37.7 Å². The van der Waals surface area contributed by atoms with Crippen LogP contribution in [0.5, 0.6) is 0 Å². The van der Waals surface area contributed by atoms with E-state index in [4.69, 9.17) is 0 Å². The average Bonchev–Trinajstić information content (AvgIpc) is 2.73. The number of carbonyl (C=O) groups excluding carboxylic acids is 1. The molecule has 22 heavy (non-hydrogen) atoms. The Morgan fingerprint density at radius 1 is 1.36 bits per heavy atom. The van der Waals surface area contributed by atoms with Gasteiger partial charge in [-0.2, -0.15) is 17.0 Å². The Kier molecular flexibility index (Phi) is 4.96. The number of halogens is 1. The summed E-state index contributed by atoms with van der Waals surface area (Å²) in [5.74, 6) is -0.221. The number of anilines is 1. The number of fused-ring (bicyclic) bond motifs is 1. The first-order valence-electron chi connectivity index (χ1n) is 6.89. The topological polar surface area (TPSA) is 60.9 Å². The summed E-state index contributed by atoms with van der Waals surface area (Å²) >= 11 is 3.43. The Morgan fingerprint density at radius 3 is 2.59 bits per heavy atom. The van der Waals surface area contributed by atoms with Crippen molar-refractivity contribution in [2.45, 2.75) is 19.4 Å². The van der Waals surface area contributed by atoms with Crippen LogP contribution >= 0.6 is 15.9 Å². The molecule has 0 saturated heterocycles. The predicted molar refractivity (Wildman–Crippen MR) is 90.0 cm³/mol. The lowest BCUT2D eigenvalue weighted by Gasteiger charge is -2.26. The third-order valence-corrected chi connectivity index (χ3v) is 6.07. The van der Waals surface area contributed by atoms with E-state index in [2.05, 4.69) is 15.9 Å². The molecule has 1 unspecified atom stereocenters. The fourth-order valence-electron chi connectivity index (χ4n) is 2.61. The maximum absolute atomic E-state index is 12.6. The van der Waals surface area contributed by atoms with Gasteiger partial charge in [-0.1, -0.05) is 15.9 Å². The summed E-state index contributed by atoms with van der Waals surface area (Å²) in [6, 6.07) is 5.80. The number of benzene rings is 1. The molecule has 0 radical (unpaired) electrons. The summed E-state index contributed by atoms with van der Waals surface area (Å²) in [7, 11) is 0.714. The lowest BCUT2D eigenvalue weighted by atomic mass is 10.1. The number of hydrogen-bond donors (Lipinski definition) is 0. The number of likely N-dealkylation sites (N-methyl/N-ethyl adjacent to an activating group) is 1. The zero-order valence-corrected chi connectivity index (χ0v) is 15.5. The average molecular weight is 390 g/mol. The van der Waals surface area contributed by atoms with Crippen LogP contribution in [-0.2, 0) is 21.4 Å². The van der Waals surface area contributed by atoms with Crippen LogP contribution in [-0.4, -0.2) is 56.7 Å². The lowest BCUT2D eigenvalue weighted by Crippen LogP contribution is -2.46. The van der Waals surface area contributed by atoms with Gasteiger partial charge in [-0.05, 0) is 37.1 Å². The highest BCUT2D eigenvalue weighted by Crippen LogP contribution is 2.34. The Bertz CT molecular complexity index is 691. The second-order valence-corrected chi connectivity index (χ2v) is 8.80. The van der Waals surface area contributed by atoms with Crippen LogP contribution in [0.3, 0.4) is 0 Å². The second-order valence-electron chi connectivity index (χ2n) is 5.64. The Balaban J connectivity index is 2.21. The van der Waals surface area contributed by atoms with Gasteiger partial charge in [-0.25, -0.2) is 0 Å². The number of hydrogen-bond acceptors (Lipinski definition) is 3. The first-order chi connectivity index (χ1) is 10.1. The smallest absolute Gasteiger partial charge is 0.281 e. The Hall–Kier alpha value is -0.960. The lowest BCUT2D eigenvalue weighted by molar-refractivity contribution is -0.119. The number of rotatable bonds is 4. The summed E-state index contributed by atoms with van der Waals surface area (Å²) in [6.45, 7) is 1.78. The highest BCUT2D eigenvalue weighted by atomic mass is 79.9. The van der Waals surface area contributed by atoms with E-state index >= 15 is 0 Å². The van der Waals surface area contributed by atoms with Gasteiger partial charge in [0.1, 0.15) is 0 Å². The van der Waals surface area contributed by atoms with E-state index in [0.29, 0.717) is 0 Å². The molecule has 1 aliphatic heterocycles. The minimum atomic E-state index is -3.59. The molecule has 0 saturated carbocycles. The van der Waals surface area contributed by atoms with E-state index in [1.54, 1.807) is 4.90 Å². The van der Waals surface area contributed by atoms with Crippen LogP contribution in [0.4, 0.5) is 5.69 Å². The van der Waals surface area contributed by atoms with Crippen molar-refractivity contribution in [2.75, 3.05) is 32.6 Å². The normalized spacial score (nSPS) is 18.1. The molecule has 2 rings (SSSR count). The van der Waals surface area contributed by atoms with Crippen molar-refractivity contribution in [2.24, 2.45) is 0 Å². The minimum Gasteiger partial charge on any atom is -0.308 e. The zero-order valence-electron chi connectivity index (χ0n) is 13.1. The van der Waals surface area contributed by atoms with E-state index in [9.17, 15) is 13.2 Å². The molecule has 1 atom stereocenters. The predicted octanol–water partition coefficient (Wildman–Crippen LogP) is 1.46. The van der Waals surface area contributed by atoms with Gasteiger partial charge in [0.2, 0.25) is 5.91 Å². The van der Waals surface area contributed by atoms with E-state index in [-0.39, 0.29) is 18.5 Å². The van der Waals surface area contributed by atoms with Gasteiger partial charge in [-0.15, -0.1) is 0 Å². The maximum atomic E-state index is 12.6. The van der Waals surface area contributed by atoms with Crippen LogP contribution in [0.25, 0.3) is 0 Å². The summed E-state index contributed by atoms with van der Waals surface area (Å²) in [5.41, 5.74) is 1.95. The molecule has 0 aliphatic carbocycles. The van der Waals surface area contributed by atoms with E-state index in [1.165, 1.54) is 21.1 Å². The molecule has 1 heterocycles. The highest BCUT2D eigenvalue weighted by molar-refractivity contribution is 9.10. The van der Waals surface area contributed by atoms with E-state index in [0.717, 1.165) is 30.8 Å². The van der Waals surface area contributed by atoms with E-state index in [1.807, 2.05) is 25.1 Å². The van der Waals surface area contributed by atoms with Gasteiger partial charge in [-0.3, -0.25) is 4.79 Å². The van der Waals surface area contributed by atoms with Gasteiger partial charge in [0.15, 0.2) is 0 Å². The quantitative estimate of drug-likeness (QED) is 0.782. The third kappa shape index (κ3) is 3.19. The van der Waals surface area contributed by atoms with Crippen LogP contribution in [0.15, 0.2) is 22.7 Å². The largest absolute Gasteiger partial charge is 0.308 e. The number of nitrogens with zero attached hydrogens (tertiary/aromatic N) is 3. The van der Waals surface area contributed by atoms with Crippen molar-refractivity contribution in [1.82, 2.24) is 8.61 Å². The second kappa shape index (κ2) is 6.27. The summed E-state index contributed by atoms with van der Waals surface area (Å²) in [6.07, 6.45) is 0.769. The molecule has 1 aliphatic rings. The van der Waals surface area contributed by atoms with E-state index < -0.39 is 10.2 Å². The van der Waals surface area contributed by atoms with Crippen molar-refractivity contribution in [3.63, 3.8) is 0 Å². The van der Waals surface area contributed by atoms with Gasteiger partial charge >= 0.3 is 0 Å². The molecule has 122 valence electrons. The number of carbonyl (C=O) groups is 1. The first kappa shape index (κ1) is 17.4. The molecule has 8 heteroatoms. The molecule has 1 aromatic carbocycles. The Morgan fingerprint density at radius 2 is 2.00 bits per heavy atom. The summed E-state index contributed by atoms with van der Waals surface area (Å²) in [4.78, 5) is 14.3. The molecule has 0 aromatic heterocycles. The third-order valence-electron chi connectivity index (χ3n) is 3.74. The van der Waals surface area contributed by atoms with Crippen LogP contribution in [0.1, 0.15) is 12.5 Å². The van der Waals surface area contributed by atoms with Gasteiger partial charge in [0.05, 0.1) is 6.54 Å². The van der Waals surface area contributed by atoms with Crippen molar-refractivity contribution < 1.29 is 13.2 Å². The summed E-state index contributed by atoms with van der Waals surface area (Å²) < 4.78 is 27.2. The number of amides is 1. The molecule has 1 amide bonds. The van der Waals surface area contributed by atoms with Crippen LogP contribution < -0.4 is 4.90 Å². The highest BCUT2D eigenvalue weighted by Gasteiger charge is 2.33. The monoisotopic (exact) mass is 389 g/mol. The molecule has 0 spiro atoms. The molecular weight excluding hydrogens is 370 g/mol. The fraction of sp³-hybridized carbons (Fsp3) is 0.500. The van der Waals surface area contributed by atoms with Gasteiger partial charge < -0.3 is 4.90 Å². The first-order valence-corrected chi connectivity index (χ1v) is 9.08. The SMILES string of the molecule is CC1Cc2cc(Br)ccc2N1C(=O)CN(C)S(=O)(=O)N(C)C. The van der Waals surface area contributed by atoms with Gasteiger partial charge in [0.25, 0.3) is 10.2 Å². The summed E-state index contributed by atoms with van der Waals surface area (Å²) in [5, 5.41) is 0. The fourth-order valence-corrected chi connectivity index (χ4v) is 3.85. The molecule has 0 bridgehead atoms. The van der Waals surface area contributed by atoms with Gasteiger partial charge in [0, 0.05) is 37.3 Å². The molecule has 0 fully saturated rings. The molecule has 0 N–H and O–H groups in total. The Labute approximate surface area is 140 Å². The maximum Gasteiger partial charge on any atom is 0.281 e.